The third-order valence-corrected chi connectivity index (χ3v) is 2.56. The highest BCUT2D eigenvalue weighted by Crippen LogP contribution is 2.18. The summed E-state index contributed by atoms with van der Waals surface area (Å²) < 4.78 is 4.69. The number of aromatic amines is 1. The van der Waals surface area contributed by atoms with Crippen molar-refractivity contribution in [2.75, 3.05) is 11.9 Å². The van der Waals surface area contributed by atoms with E-state index < -0.39 is 17.9 Å². The zero-order chi connectivity index (χ0) is 15.2. The summed E-state index contributed by atoms with van der Waals surface area (Å²) in [6, 6.07) is 5.38. The molecule has 0 radical (unpaired) electrons. The normalized spacial score (nSPS) is 11.7. The molecule has 1 aromatic heterocycles. The van der Waals surface area contributed by atoms with E-state index in [-0.39, 0.29) is 6.61 Å². The van der Waals surface area contributed by atoms with Gasteiger partial charge in [-0.25, -0.2) is 4.79 Å². The fourth-order valence-electron chi connectivity index (χ4n) is 1.58. The van der Waals surface area contributed by atoms with Gasteiger partial charge in [0.2, 0.25) is 5.82 Å². The van der Waals surface area contributed by atoms with Crippen LogP contribution in [0.4, 0.5) is 5.69 Å². The van der Waals surface area contributed by atoms with Crippen LogP contribution < -0.4 is 11.1 Å². The predicted molar refractivity (Wildman–Crippen MR) is 72.9 cm³/mol. The van der Waals surface area contributed by atoms with E-state index in [1.807, 2.05) is 0 Å². The number of rotatable bonds is 5. The Morgan fingerprint density at radius 3 is 2.95 bits per heavy atom. The summed E-state index contributed by atoms with van der Waals surface area (Å²) in [7, 11) is 0. The first-order valence-corrected chi connectivity index (χ1v) is 6.18. The maximum absolute atomic E-state index is 11.8. The number of ether oxygens (including phenoxy) is 1. The van der Waals surface area contributed by atoms with E-state index in [0.29, 0.717) is 17.1 Å². The lowest BCUT2D eigenvalue weighted by Gasteiger charge is -2.11. The summed E-state index contributed by atoms with van der Waals surface area (Å²) in [5.41, 5.74) is 6.62. The van der Waals surface area contributed by atoms with Crippen molar-refractivity contribution < 1.29 is 14.3 Å². The summed E-state index contributed by atoms with van der Waals surface area (Å²) in [5, 5.41) is 16.0. The quantitative estimate of drug-likeness (QED) is 0.507. The molecule has 0 fully saturated rings. The Kier molecular flexibility index (Phi) is 4.57. The summed E-state index contributed by atoms with van der Waals surface area (Å²) in [6.45, 7) is 1.80. The van der Waals surface area contributed by atoms with E-state index >= 15 is 0 Å². The number of esters is 1. The van der Waals surface area contributed by atoms with E-state index in [4.69, 9.17) is 5.73 Å². The standard InChI is InChI=1S/C12H14N6O3/c1-2-21-12(20)9(13)11(19)14-8-5-3-4-7(6-8)10-15-17-18-16-10/h3-6,9H,2,13H2,1H3,(H,14,19)(H,15,16,17,18). The average Bonchev–Trinajstić information content (AvgIpc) is 3.01. The van der Waals surface area contributed by atoms with E-state index in [2.05, 4.69) is 30.7 Å². The zero-order valence-electron chi connectivity index (χ0n) is 11.2. The van der Waals surface area contributed by atoms with Crippen LogP contribution in [0.2, 0.25) is 0 Å². The van der Waals surface area contributed by atoms with Gasteiger partial charge in [0.25, 0.3) is 5.91 Å². The Balaban J connectivity index is 2.08. The number of amides is 1. The topological polar surface area (TPSA) is 136 Å². The molecule has 2 aromatic rings. The molecule has 0 saturated heterocycles. The molecule has 0 aliphatic carbocycles. The van der Waals surface area contributed by atoms with Gasteiger partial charge in [-0.1, -0.05) is 12.1 Å². The Hall–Kier alpha value is -2.81. The fourth-order valence-corrected chi connectivity index (χ4v) is 1.58. The van der Waals surface area contributed by atoms with E-state index in [1.165, 1.54) is 0 Å². The Morgan fingerprint density at radius 1 is 1.48 bits per heavy atom. The monoisotopic (exact) mass is 290 g/mol. The highest BCUT2D eigenvalue weighted by atomic mass is 16.5. The fraction of sp³-hybridized carbons (Fsp3) is 0.250. The van der Waals surface area contributed by atoms with Gasteiger partial charge in [-0.3, -0.25) is 4.79 Å². The van der Waals surface area contributed by atoms with Crippen LogP contribution in [-0.4, -0.2) is 45.1 Å². The minimum atomic E-state index is -1.38. The second-order valence-electron chi connectivity index (χ2n) is 4.04. The highest BCUT2D eigenvalue weighted by molar-refractivity contribution is 6.08. The molecule has 0 bridgehead atoms. The molecule has 0 aliphatic rings. The minimum Gasteiger partial charge on any atom is -0.464 e. The Labute approximate surface area is 119 Å². The van der Waals surface area contributed by atoms with Gasteiger partial charge in [-0.05, 0) is 24.3 Å². The van der Waals surface area contributed by atoms with Gasteiger partial charge >= 0.3 is 5.97 Å². The van der Waals surface area contributed by atoms with Crippen molar-refractivity contribution >= 4 is 17.6 Å². The minimum absolute atomic E-state index is 0.160. The number of nitrogens with two attached hydrogens (primary N) is 1. The SMILES string of the molecule is CCOC(=O)C(N)C(=O)Nc1cccc(-c2nn[nH]n2)c1. The molecule has 2 rings (SSSR count). The average molecular weight is 290 g/mol. The predicted octanol–water partition coefficient (Wildman–Crippen LogP) is -0.304. The molecular formula is C12H14N6O3. The molecule has 1 heterocycles. The highest BCUT2D eigenvalue weighted by Gasteiger charge is 2.23. The Morgan fingerprint density at radius 2 is 2.29 bits per heavy atom. The number of benzene rings is 1. The molecule has 1 amide bonds. The molecule has 4 N–H and O–H groups in total. The molecule has 1 atom stereocenters. The number of nitrogens with one attached hydrogen (secondary N) is 2. The van der Waals surface area contributed by atoms with Gasteiger partial charge in [-0.2, -0.15) is 5.21 Å². The molecule has 0 aliphatic heterocycles. The molecule has 1 unspecified atom stereocenters. The molecule has 0 saturated carbocycles. The number of carbonyl (C=O) groups is 2. The van der Waals surface area contributed by atoms with E-state index in [1.54, 1.807) is 31.2 Å². The van der Waals surface area contributed by atoms with Crippen molar-refractivity contribution in [2.45, 2.75) is 13.0 Å². The number of hydrogen-bond donors (Lipinski definition) is 3. The van der Waals surface area contributed by atoms with Crippen LogP contribution >= 0.6 is 0 Å². The van der Waals surface area contributed by atoms with Crippen LogP contribution in [0, 0.1) is 0 Å². The number of aromatic nitrogens is 4. The van der Waals surface area contributed by atoms with Crippen molar-refractivity contribution in [1.82, 2.24) is 20.6 Å². The molecule has 9 nitrogen and oxygen atoms in total. The molecule has 21 heavy (non-hydrogen) atoms. The van der Waals surface area contributed by atoms with E-state index in [0.717, 1.165) is 0 Å². The van der Waals surface area contributed by atoms with Crippen LogP contribution in [0.3, 0.4) is 0 Å². The summed E-state index contributed by atoms with van der Waals surface area (Å²) in [5.74, 6) is -1.04. The molecule has 9 heteroatoms. The third kappa shape index (κ3) is 3.60. The smallest absolute Gasteiger partial charge is 0.332 e. The van der Waals surface area contributed by atoms with Crippen LogP contribution in [0.1, 0.15) is 6.92 Å². The first kappa shape index (κ1) is 14.6. The molecule has 0 spiro atoms. The number of nitrogens with zero attached hydrogens (tertiary/aromatic N) is 3. The van der Waals surface area contributed by atoms with Gasteiger partial charge in [0.15, 0.2) is 6.04 Å². The van der Waals surface area contributed by atoms with Crippen molar-refractivity contribution in [2.24, 2.45) is 5.73 Å². The van der Waals surface area contributed by atoms with Crippen LogP contribution in [-0.2, 0) is 14.3 Å². The largest absolute Gasteiger partial charge is 0.464 e. The number of carbonyl (C=O) groups excluding carboxylic acids is 2. The van der Waals surface area contributed by atoms with Gasteiger partial charge < -0.3 is 15.8 Å². The first-order chi connectivity index (χ1) is 10.1. The van der Waals surface area contributed by atoms with Crippen molar-refractivity contribution in [1.29, 1.82) is 0 Å². The van der Waals surface area contributed by atoms with Crippen LogP contribution in [0.5, 0.6) is 0 Å². The summed E-state index contributed by atoms with van der Waals surface area (Å²) in [4.78, 5) is 23.2. The molecule has 1 aromatic carbocycles. The number of anilines is 1. The van der Waals surface area contributed by atoms with Crippen molar-refractivity contribution in [3.8, 4) is 11.4 Å². The number of H-pyrrole nitrogens is 1. The van der Waals surface area contributed by atoms with Crippen LogP contribution in [0.25, 0.3) is 11.4 Å². The van der Waals surface area contributed by atoms with E-state index in [9.17, 15) is 9.59 Å². The lowest BCUT2D eigenvalue weighted by atomic mass is 10.2. The summed E-state index contributed by atoms with van der Waals surface area (Å²) >= 11 is 0. The third-order valence-electron chi connectivity index (χ3n) is 2.56. The van der Waals surface area contributed by atoms with Crippen molar-refractivity contribution in [3.63, 3.8) is 0 Å². The first-order valence-electron chi connectivity index (χ1n) is 6.18. The maximum Gasteiger partial charge on any atom is 0.332 e. The lowest BCUT2D eigenvalue weighted by molar-refractivity contribution is -0.146. The van der Waals surface area contributed by atoms with Gasteiger partial charge in [0.05, 0.1) is 6.61 Å². The van der Waals surface area contributed by atoms with Crippen LogP contribution in [0.15, 0.2) is 24.3 Å². The van der Waals surface area contributed by atoms with Gasteiger partial charge in [-0.15, -0.1) is 10.2 Å². The second kappa shape index (κ2) is 6.57. The number of hydrogen-bond acceptors (Lipinski definition) is 7. The Bertz CT molecular complexity index is 628. The van der Waals surface area contributed by atoms with Gasteiger partial charge in [0, 0.05) is 11.3 Å². The number of tetrazole rings is 1. The molecular weight excluding hydrogens is 276 g/mol. The van der Waals surface area contributed by atoms with Crippen molar-refractivity contribution in [3.05, 3.63) is 24.3 Å². The van der Waals surface area contributed by atoms with Gasteiger partial charge in [0.1, 0.15) is 0 Å². The maximum atomic E-state index is 11.8. The molecule has 110 valence electrons. The lowest BCUT2D eigenvalue weighted by Crippen LogP contribution is -2.43. The second-order valence-corrected chi connectivity index (χ2v) is 4.04. The summed E-state index contributed by atoms with van der Waals surface area (Å²) in [6.07, 6.45) is 0. The zero-order valence-corrected chi connectivity index (χ0v) is 11.2.